The minimum Gasteiger partial charge on any atom is -0.485 e. The minimum atomic E-state index is -0.958. The molecule has 2 aliphatic rings. The Labute approximate surface area is 234 Å². The van der Waals surface area contributed by atoms with Gasteiger partial charge in [0.1, 0.15) is 12.6 Å². The SMILES string of the molecule is CC(=O)Nc1ccc(N(C(=O)[C@H]2COc3ccccc3O2)[C@H](C(=O)NC2CCCCC2)c2ccc(C)cc2)cc1. The number of aryl methyl sites for hydroxylation is 1. The van der Waals surface area contributed by atoms with Crippen molar-refractivity contribution in [3.05, 3.63) is 83.9 Å². The molecule has 3 aromatic rings. The number of carbonyl (C=O) groups is 3. The Morgan fingerprint density at radius 3 is 2.23 bits per heavy atom. The van der Waals surface area contributed by atoms with Crippen LogP contribution in [0, 0.1) is 6.92 Å². The van der Waals surface area contributed by atoms with Gasteiger partial charge in [0, 0.05) is 24.3 Å². The molecule has 1 aliphatic heterocycles. The largest absolute Gasteiger partial charge is 0.485 e. The maximum Gasteiger partial charge on any atom is 0.272 e. The number of anilines is 2. The van der Waals surface area contributed by atoms with Gasteiger partial charge in [-0.05, 0) is 61.7 Å². The molecule has 0 spiro atoms. The van der Waals surface area contributed by atoms with Gasteiger partial charge in [0.05, 0.1) is 0 Å². The summed E-state index contributed by atoms with van der Waals surface area (Å²) >= 11 is 0. The number of carbonyl (C=O) groups excluding carboxylic acids is 3. The van der Waals surface area contributed by atoms with Gasteiger partial charge in [-0.3, -0.25) is 19.3 Å². The average Bonchev–Trinajstić information content (AvgIpc) is 2.96. The number of fused-ring (bicyclic) bond motifs is 1. The fourth-order valence-electron chi connectivity index (χ4n) is 5.30. The van der Waals surface area contributed by atoms with Crippen LogP contribution in [0.5, 0.6) is 11.5 Å². The fourth-order valence-corrected chi connectivity index (χ4v) is 5.30. The van der Waals surface area contributed by atoms with Crippen LogP contribution in [0.15, 0.2) is 72.8 Å². The van der Waals surface area contributed by atoms with Crippen LogP contribution in [0.3, 0.4) is 0 Å². The van der Waals surface area contributed by atoms with E-state index in [1.54, 1.807) is 36.4 Å². The van der Waals surface area contributed by atoms with Crippen LogP contribution in [0.4, 0.5) is 11.4 Å². The van der Waals surface area contributed by atoms with Crippen molar-refractivity contribution in [3.8, 4) is 11.5 Å². The second kappa shape index (κ2) is 12.2. The molecule has 8 nitrogen and oxygen atoms in total. The third-order valence-electron chi connectivity index (χ3n) is 7.34. The van der Waals surface area contributed by atoms with Gasteiger partial charge in [0.2, 0.25) is 17.9 Å². The number of rotatable bonds is 7. The summed E-state index contributed by atoms with van der Waals surface area (Å²) in [7, 11) is 0. The van der Waals surface area contributed by atoms with Crippen molar-refractivity contribution in [2.75, 3.05) is 16.8 Å². The Morgan fingerprint density at radius 1 is 0.875 bits per heavy atom. The second-order valence-corrected chi connectivity index (χ2v) is 10.5. The fraction of sp³-hybridized carbons (Fsp3) is 0.344. The minimum absolute atomic E-state index is 0.0151. The summed E-state index contributed by atoms with van der Waals surface area (Å²) in [4.78, 5) is 41.5. The molecule has 40 heavy (non-hydrogen) atoms. The average molecular weight is 542 g/mol. The van der Waals surface area contributed by atoms with Crippen LogP contribution < -0.4 is 25.0 Å². The van der Waals surface area contributed by atoms with E-state index in [1.165, 1.54) is 18.2 Å². The smallest absolute Gasteiger partial charge is 0.272 e. The van der Waals surface area contributed by atoms with E-state index in [1.807, 2.05) is 43.3 Å². The lowest BCUT2D eigenvalue weighted by molar-refractivity contribution is -0.132. The van der Waals surface area contributed by atoms with E-state index in [0.29, 0.717) is 28.4 Å². The number of benzene rings is 3. The highest BCUT2D eigenvalue weighted by Gasteiger charge is 2.39. The van der Waals surface area contributed by atoms with Crippen LogP contribution in [0.25, 0.3) is 0 Å². The summed E-state index contributed by atoms with van der Waals surface area (Å²) in [6.07, 6.45) is 4.18. The summed E-state index contributed by atoms with van der Waals surface area (Å²) in [5, 5.41) is 5.98. The van der Waals surface area contributed by atoms with Gasteiger partial charge in [-0.1, -0.05) is 61.2 Å². The van der Waals surface area contributed by atoms with Gasteiger partial charge >= 0.3 is 0 Å². The first kappa shape index (κ1) is 27.2. The standard InChI is InChI=1S/C32H35N3O5/c1-21-12-14-23(15-13-21)30(31(37)34-24-8-4-3-5-9-24)35(26-18-16-25(17-19-26)33-22(2)36)32(38)29-20-39-27-10-6-7-11-28(27)40-29/h6-7,10-19,24,29-30H,3-5,8-9,20H2,1-2H3,(H,33,36)(H,34,37)/t29-,30+/m1/s1. The van der Waals surface area contributed by atoms with E-state index in [0.717, 1.165) is 31.2 Å². The molecular formula is C32H35N3O5. The molecule has 1 heterocycles. The van der Waals surface area contributed by atoms with Crippen molar-refractivity contribution >= 4 is 29.1 Å². The lowest BCUT2D eigenvalue weighted by Gasteiger charge is -2.36. The number of nitrogens with zero attached hydrogens (tertiary/aromatic N) is 1. The summed E-state index contributed by atoms with van der Waals surface area (Å²) in [5.74, 6) is 0.212. The monoisotopic (exact) mass is 541 g/mol. The van der Waals surface area contributed by atoms with E-state index in [2.05, 4.69) is 10.6 Å². The van der Waals surface area contributed by atoms with Crippen LogP contribution in [0.2, 0.25) is 0 Å². The zero-order chi connectivity index (χ0) is 28.1. The van der Waals surface area contributed by atoms with Gasteiger partial charge in [0.25, 0.3) is 5.91 Å². The maximum atomic E-state index is 14.3. The third-order valence-corrected chi connectivity index (χ3v) is 7.34. The molecule has 1 fully saturated rings. The molecule has 3 aromatic carbocycles. The van der Waals surface area contributed by atoms with E-state index in [4.69, 9.17) is 9.47 Å². The van der Waals surface area contributed by atoms with Gasteiger partial charge in [0.15, 0.2) is 11.5 Å². The summed E-state index contributed by atoms with van der Waals surface area (Å²) in [6, 6.07) is 20.9. The quantitative estimate of drug-likeness (QED) is 0.422. The molecule has 0 saturated heterocycles. The van der Waals surface area contributed by atoms with E-state index >= 15 is 0 Å². The first-order valence-electron chi connectivity index (χ1n) is 13.8. The Kier molecular flexibility index (Phi) is 8.34. The molecule has 1 saturated carbocycles. The summed E-state index contributed by atoms with van der Waals surface area (Å²) in [6.45, 7) is 3.43. The van der Waals surface area contributed by atoms with Crippen molar-refractivity contribution in [1.82, 2.24) is 5.32 Å². The highest BCUT2D eigenvalue weighted by atomic mass is 16.6. The number of para-hydroxylation sites is 2. The topological polar surface area (TPSA) is 97.0 Å². The molecule has 2 N–H and O–H groups in total. The summed E-state index contributed by atoms with van der Waals surface area (Å²) in [5.41, 5.74) is 2.84. The van der Waals surface area contributed by atoms with Crippen LogP contribution in [-0.4, -0.2) is 36.5 Å². The molecule has 8 heteroatoms. The number of nitrogens with one attached hydrogen (secondary N) is 2. The Hall–Kier alpha value is -4.33. The molecular weight excluding hydrogens is 506 g/mol. The number of hydrogen-bond donors (Lipinski definition) is 2. The normalized spacial score (nSPS) is 17.4. The second-order valence-electron chi connectivity index (χ2n) is 10.5. The Bertz CT molecular complexity index is 1350. The van der Waals surface area contributed by atoms with Crippen molar-refractivity contribution in [3.63, 3.8) is 0 Å². The van der Waals surface area contributed by atoms with Crippen LogP contribution in [-0.2, 0) is 14.4 Å². The highest BCUT2D eigenvalue weighted by molar-refractivity contribution is 6.04. The van der Waals surface area contributed by atoms with E-state index < -0.39 is 18.1 Å². The molecule has 0 radical (unpaired) electrons. The van der Waals surface area contributed by atoms with Gasteiger partial charge < -0.3 is 20.1 Å². The lowest BCUT2D eigenvalue weighted by Crippen LogP contribution is -2.52. The number of amides is 3. The third kappa shape index (κ3) is 6.28. The predicted molar refractivity (Wildman–Crippen MR) is 154 cm³/mol. The molecule has 2 atom stereocenters. The molecule has 3 amide bonds. The molecule has 208 valence electrons. The van der Waals surface area contributed by atoms with Gasteiger partial charge in [-0.25, -0.2) is 0 Å². The summed E-state index contributed by atoms with van der Waals surface area (Å²) < 4.78 is 12.0. The van der Waals surface area contributed by atoms with Crippen molar-refractivity contribution in [1.29, 1.82) is 0 Å². The number of ether oxygens (including phenoxy) is 2. The van der Waals surface area contributed by atoms with Crippen molar-refractivity contribution in [2.45, 2.75) is 64.1 Å². The van der Waals surface area contributed by atoms with Crippen LogP contribution in [0.1, 0.15) is 56.2 Å². The Balaban J connectivity index is 1.54. The maximum absolute atomic E-state index is 14.3. The molecule has 1 aliphatic carbocycles. The van der Waals surface area contributed by atoms with Gasteiger partial charge in [-0.2, -0.15) is 0 Å². The molecule has 0 aromatic heterocycles. The Morgan fingerprint density at radius 2 is 1.55 bits per heavy atom. The molecule has 5 rings (SSSR count). The van der Waals surface area contributed by atoms with Crippen molar-refractivity contribution in [2.24, 2.45) is 0 Å². The van der Waals surface area contributed by atoms with Crippen LogP contribution >= 0.6 is 0 Å². The lowest BCUT2D eigenvalue weighted by atomic mass is 9.94. The predicted octanol–water partition coefficient (Wildman–Crippen LogP) is 5.32. The van der Waals surface area contributed by atoms with Gasteiger partial charge in [-0.15, -0.1) is 0 Å². The van der Waals surface area contributed by atoms with E-state index in [-0.39, 0.29) is 24.5 Å². The highest BCUT2D eigenvalue weighted by Crippen LogP contribution is 2.35. The number of hydrogen-bond acceptors (Lipinski definition) is 5. The molecule has 0 bridgehead atoms. The zero-order valence-corrected chi connectivity index (χ0v) is 22.9. The zero-order valence-electron chi connectivity index (χ0n) is 22.9. The molecule has 0 unspecified atom stereocenters. The first-order chi connectivity index (χ1) is 19.4. The first-order valence-corrected chi connectivity index (χ1v) is 13.8. The van der Waals surface area contributed by atoms with Crippen molar-refractivity contribution < 1.29 is 23.9 Å². The van der Waals surface area contributed by atoms with E-state index in [9.17, 15) is 14.4 Å².